The third-order valence-electron chi connectivity index (χ3n) is 11.8. The van der Waals surface area contributed by atoms with E-state index < -0.39 is 0 Å². The van der Waals surface area contributed by atoms with Gasteiger partial charge in [0.15, 0.2) is 0 Å². The first-order valence-electron chi connectivity index (χ1n) is 19.1. The van der Waals surface area contributed by atoms with E-state index >= 15 is 0 Å². The van der Waals surface area contributed by atoms with Crippen LogP contribution in [0.15, 0.2) is 188 Å². The van der Waals surface area contributed by atoms with E-state index in [0.717, 1.165) is 56.4 Å². The fourth-order valence-corrected chi connectivity index (χ4v) is 9.15. The Balaban J connectivity index is 1.14. The summed E-state index contributed by atoms with van der Waals surface area (Å²) < 4.78 is 6.93. The average molecular weight is 704 g/mol. The number of fused-ring (bicyclic) bond motifs is 11. The molecular formula is C53H37NO. The summed E-state index contributed by atoms with van der Waals surface area (Å²) in [7, 11) is 0. The van der Waals surface area contributed by atoms with Crippen LogP contribution in [0, 0.1) is 0 Å². The minimum Gasteiger partial charge on any atom is -0.456 e. The van der Waals surface area contributed by atoms with Crippen molar-refractivity contribution < 1.29 is 4.74 Å². The molecule has 2 nitrogen and oxygen atoms in total. The summed E-state index contributed by atoms with van der Waals surface area (Å²) in [5.41, 5.74) is 15.3. The monoisotopic (exact) mass is 703 g/mol. The van der Waals surface area contributed by atoms with Gasteiger partial charge in [0.25, 0.3) is 0 Å². The van der Waals surface area contributed by atoms with E-state index in [9.17, 15) is 0 Å². The molecule has 11 rings (SSSR count). The predicted octanol–water partition coefficient (Wildman–Crippen LogP) is 14.9. The zero-order valence-electron chi connectivity index (χ0n) is 30.8. The van der Waals surface area contributed by atoms with E-state index in [-0.39, 0.29) is 5.41 Å². The molecule has 260 valence electrons. The van der Waals surface area contributed by atoms with Gasteiger partial charge >= 0.3 is 0 Å². The lowest BCUT2D eigenvalue weighted by molar-refractivity contribution is 0.488. The summed E-state index contributed by atoms with van der Waals surface area (Å²) in [5.74, 6) is 1.70. The van der Waals surface area contributed by atoms with Gasteiger partial charge in [-0.1, -0.05) is 153 Å². The average Bonchev–Trinajstić information content (AvgIpc) is 3.37. The zero-order valence-corrected chi connectivity index (χ0v) is 30.8. The Morgan fingerprint density at radius 3 is 1.84 bits per heavy atom. The molecule has 1 heterocycles. The largest absolute Gasteiger partial charge is 0.456 e. The van der Waals surface area contributed by atoms with Gasteiger partial charge in [0.2, 0.25) is 0 Å². The first-order chi connectivity index (χ1) is 27.0. The molecule has 2 aliphatic rings. The van der Waals surface area contributed by atoms with Crippen molar-refractivity contribution in [1.82, 2.24) is 0 Å². The van der Waals surface area contributed by atoms with Gasteiger partial charge in [0.05, 0.1) is 5.69 Å². The van der Waals surface area contributed by atoms with Crippen LogP contribution < -0.4 is 9.64 Å². The Morgan fingerprint density at radius 1 is 0.382 bits per heavy atom. The molecule has 9 aromatic carbocycles. The van der Waals surface area contributed by atoms with Crippen LogP contribution in [-0.2, 0) is 5.41 Å². The maximum absolute atomic E-state index is 6.93. The second kappa shape index (κ2) is 12.1. The Kier molecular flexibility index (Phi) is 6.93. The van der Waals surface area contributed by atoms with Crippen molar-refractivity contribution in [3.63, 3.8) is 0 Å². The van der Waals surface area contributed by atoms with Crippen LogP contribution in [0.1, 0.15) is 25.0 Å². The molecule has 9 aromatic rings. The van der Waals surface area contributed by atoms with E-state index in [4.69, 9.17) is 4.74 Å². The number of nitrogens with zero attached hydrogens (tertiary/aromatic N) is 1. The molecule has 0 atom stereocenters. The van der Waals surface area contributed by atoms with E-state index in [2.05, 4.69) is 207 Å². The third kappa shape index (κ3) is 4.88. The molecule has 0 spiro atoms. The third-order valence-corrected chi connectivity index (χ3v) is 11.8. The Morgan fingerprint density at radius 2 is 1.00 bits per heavy atom. The molecule has 55 heavy (non-hydrogen) atoms. The summed E-state index contributed by atoms with van der Waals surface area (Å²) >= 11 is 0. The summed E-state index contributed by atoms with van der Waals surface area (Å²) in [4.78, 5) is 2.46. The smallest absolute Gasteiger partial charge is 0.135 e. The van der Waals surface area contributed by atoms with Crippen LogP contribution in [0.2, 0.25) is 0 Å². The Labute approximate surface area is 321 Å². The standard InChI is InChI=1S/C53H37NO/c1-53(2)48-23-13-12-21-43(48)44-28-25-38(33-49(44)53)54(50-30-36-16-6-7-17-39(36)40-18-10-11-22-45(40)50)37-26-29-51-47(32-37)42-20-9-8-19-41(42)46-27-24-35(31-52(46)55-51)34-14-4-3-5-15-34/h3-33H,1-2H3. The predicted molar refractivity (Wildman–Crippen MR) is 230 cm³/mol. The summed E-state index contributed by atoms with van der Waals surface area (Å²) in [6, 6.07) is 68.4. The van der Waals surface area contributed by atoms with E-state index in [1.807, 2.05) is 0 Å². The van der Waals surface area contributed by atoms with Crippen molar-refractivity contribution in [2.75, 3.05) is 4.90 Å². The highest BCUT2D eigenvalue weighted by Gasteiger charge is 2.36. The molecule has 2 heteroatoms. The lowest BCUT2D eigenvalue weighted by Crippen LogP contribution is -2.16. The minimum absolute atomic E-state index is 0.135. The van der Waals surface area contributed by atoms with Gasteiger partial charge in [-0.3, -0.25) is 0 Å². The lowest BCUT2D eigenvalue weighted by Gasteiger charge is -2.30. The fourth-order valence-electron chi connectivity index (χ4n) is 9.15. The van der Waals surface area contributed by atoms with Crippen LogP contribution >= 0.6 is 0 Å². The zero-order chi connectivity index (χ0) is 36.7. The molecule has 0 radical (unpaired) electrons. The van der Waals surface area contributed by atoms with E-state index in [0.29, 0.717) is 0 Å². The van der Waals surface area contributed by atoms with Crippen LogP contribution in [0.3, 0.4) is 0 Å². The van der Waals surface area contributed by atoms with Gasteiger partial charge in [-0.05, 0) is 109 Å². The van der Waals surface area contributed by atoms with Crippen molar-refractivity contribution in [2.45, 2.75) is 19.3 Å². The summed E-state index contributed by atoms with van der Waals surface area (Å²) in [5, 5.41) is 4.91. The maximum atomic E-state index is 6.93. The highest BCUT2D eigenvalue weighted by Crippen LogP contribution is 2.53. The molecule has 0 amide bonds. The summed E-state index contributed by atoms with van der Waals surface area (Å²) in [6.07, 6.45) is 0. The Bertz CT molecular complexity index is 2990. The van der Waals surface area contributed by atoms with Gasteiger partial charge in [0, 0.05) is 33.3 Å². The van der Waals surface area contributed by atoms with E-state index in [1.165, 1.54) is 49.4 Å². The molecule has 0 saturated carbocycles. The first-order valence-corrected chi connectivity index (χ1v) is 19.1. The molecule has 1 aliphatic heterocycles. The minimum atomic E-state index is -0.135. The number of anilines is 3. The fraction of sp³-hybridized carbons (Fsp3) is 0.0566. The van der Waals surface area contributed by atoms with Gasteiger partial charge < -0.3 is 9.64 Å². The van der Waals surface area contributed by atoms with Crippen molar-refractivity contribution >= 4 is 38.6 Å². The second-order valence-electron chi connectivity index (χ2n) is 15.3. The number of ether oxygens (including phenoxy) is 1. The van der Waals surface area contributed by atoms with Gasteiger partial charge in [-0.25, -0.2) is 0 Å². The lowest BCUT2D eigenvalue weighted by atomic mass is 9.82. The second-order valence-corrected chi connectivity index (χ2v) is 15.3. The van der Waals surface area contributed by atoms with Crippen LogP contribution in [0.25, 0.3) is 66.1 Å². The molecule has 0 fully saturated rings. The highest BCUT2D eigenvalue weighted by atomic mass is 16.5. The van der Waals surface area contributed by atoms with Crippen LogP contribution in [0.4, 0.5) is 17.1 Å². The van der Waals surface area contributed by atoms with Crippen molar-refractivity contribution in [2.24, 2.45) is 0 Å². The molecule has 0 saturated heterocycles. The quantitative estimate of drug-likeness (QED) is 0.169. The number of hydrogen-bond acceptors (Lipinski definition) is 2. The van der Waals surface area contributed by atoms with Crippen molar-refractivity contribution in [3.05, 3.63) is 199 Å². The van der Waals surface area contributed by atoms with Crippen molar-refractivity contribution in [3.8, 4) is 56.0 Å². The molecular weight excluding hydrogens is 667 g/mol. The highest BCUT2D eigenvalue weighted by molar-refractivity contribution is 6.14. The number of benzene rings is 9. The normalized spacial score (nSPS) is 13.2. The molecule has 1 aliphatic carbocycles. The molecule has 0 N–H and O–H groups in total. The number of hydrogen-bond donors (Lipinski definition) is 0. The summed E-state index contributed by atoms with van der Waals surface area (Å²) in [6.45, 7) is 4.71. The Hall–Kier alpha value is -6.90. The maximum Gasteiger partial charge on any atom is 0.135 e. The number of rotatable bonds is 4. The molecule has 0 bridgehead atoms. The van der Waals surface area contributed by atoms with Crippen molar-refractivity contribution in [1.29, 1.82) is 0 Å². The van der Waals surface area contributed by atoms with Crippen LogP contribution in [-0.4, -0.2) is 0 Å². The van der Waals surface area contributed by atoms with Crippen LogP contribution in [0.5, 0.6) is 11.5 Å². The SMILES string of the molecule is CC1(C)c2ccccc2-c2ccc(N(c3ccc4c(c3)-c3ccccc3-c3ccc(-c5ccccc5)cc3O4)c3cc4ccccc4c4ccccc34)cc21. The van der Waals surface area contributed by atoms with E-state index in [1.54, 1.807) is 0 Å². The molecule has 0 aromatic heterocycles. The van der Waals surface area contributed by atoms with Gasteiger partial charge in [-0.15, -0.1) is 0 Å². The first kappa shape index (κ1) is 31.6. The topological polar surface area (TPSA) is 12.5 Å². The van der Waals surface area contributed by atoms with Gasteiger partial charge in [-0.2, -0.15) is 0 Å². The molecule has 0 unspecified atom stereocenters. The van der Waals surface area contributed by atoms with Gasteiger partial charge in [0.1, 0.15) is 11.5 Å².